The van der Waals surface area contributed by atoms with E-state index in [2.05, 4.69) is 15.7 Å². The number of sulfonamides is 1. The maximum absolute atomic E-state index is 14.1. The topological polar surface area (TPSA) is 132 Å². The van der Waals surface area contributed by atoms with Crippen LogP contribution in [-0.4, -0.2) is 71.4 Å². The van der Waals surface area contributed by atoms with Crippen molar-refractivity contribution in [2.24, 2.45) is 11.8 Å². The Morgan fingerprint density at radius 2 is 1.55 bits per heavy atom. The number of hydrazine groups is 1. The average Bonchev–Trinajstić information content (AvgIpc) is 3.51. The second-order valence-corrected chi connectivity index (χ2v) is 15.3. The highest BCUT2D eigenvalue weighted by atomic mass is 32.2. The fourth-order valence-electron chi connectivity index (χ4n) is 5.28. The van der Waals surface area contributed by atoms with Crippen LogP contribution in [0.2, 0.25) is 0 Å². The van der Waals surface area contributed by atoms with Crippen LogP contribution in [0, 0.1) is 11.8 Å². The zero-order chi connectivity index (χ0) is 34.0. The number of fused-ring (bicyclic) bond motifs is 1. The molecule has 0 radical (unpaired) electrons. The van der Waals surface area contributed by atoms with Crippen molar-refractivity contribution in [3.8, 4) is 0 Å². The summed E-state index contributed by atoms with van der Waals surface area (Å²) in [7, 11) is -4.04. The molecule has 0 aliphatic rings. The van der Waals surface area contributed by atoms with E-state index in [4.69, 9.17) is 0 Å². The number of carbonyl (C=O) groups is 2. The fraction of sp³-hybridized carbons (Fsp3) is 0.400. The minimum atomic E-state index is -4.04. The van der Waals surface area contributed by atoms with Crippen LogP contribution in [0.15, 0.2) is 89.3 Å². The second-order valence-electron chi connectivity index (χ2n) is 12.5. The quantitative estimate of drug-likeness (QED) is 0.148. The summed E-state index contributed by atoms with van der Waals surface area (Å²) in [4.78, 5) is 31.4. The molecular weight excluding hydrogens is 635 g/mol. The standard InChI is InChI=1S/C35H45N5O5S2/c1-25(2)17-35(43)40(38-34(42)21-36-20-28-13-9-6-10-14-28)31(18-27-11-7-5-8-12-27)32(41)23-39(22-26(3)4)47(44,45)29-15-16-30-33(19-29)46-24-37-30/h5-16,19,24-26,31-32,36,41H,17-18,20-23H2,1-4H3,(H,38,42)/t31?,32-/m1/s1. The Balaban J connectivity index is 1.63. The summed E-state index contributed by atoms with van der Waals surface area (Å²) in [6, 6.07) is 22.8. The van der Waals surface area contributed by atoms with Crippen molar-refractivity contribution in [2.75, 3.05) is 19.6 Å². The van der Waals surface area contributed by atoms with Crippen LogP contribution in [-0.2, 0) is 32.6 Å². The van der Waals surface area contributed by atoms with E-state index in [1.807, 2.05) is 88.4 Å². The molecule has 0 spiro atoms. The Kier molecular flexibility index (Phi) is 13.0. The van der Waals surface area contributed by atoms with Gasteiger partial charge in [0, 0.05) is 26.1 Å². The van der Waals surface area contributed by atoms with Crippen LogP contribution in [0.3, 0.4) is 0 Å². The molecule has 0 aliphatic heterocycles. The van der Waals surface area contributed by atoms with Gasteiger partial charge in [0.05, 0.1) is 39.3 Å². The number of aromatic nitrogens is 1. The van der Waals surface area contributed by atoms with Gasteiger partial charge in [-0.3, -0.25) is 15.0 Å². The Labute approximate surface area is 281 Å². The monoisotopic (exact) mass is 679 g/mol. The van der Waals surface area contributed by atoms with Gasteiger partial charge in [-0.2, -0.15) is 4.31 Å². The van der Waals surface area contributed by atoms with E-state index in [-0.39, 0.29) is 55.1 Å². The first-order chi connectivity index (χ1) is 22.4. The number of hydrogen-bond donors (Lipinski definition) is 3. The molecular formula is C35H45N5O5S2. The molecule has 2 atom stereocenters. The molecule has 47 heavy (non-hydrogen) atoms. The molecule has 1 aromatic heterocycles. The fourth-order valence-corrected chi connectivity index (χ4v) is 7.72. The van der Waals surface area contributed by atoms with Crippen molar-refractivity contribution in [3.05, 3.63) is 95.5 Å². The number of thiazole rings is 1. The van der Waals surface area contributed by atoms with Crippen molar-refractivity contribution in [1.82, 2.24) is 25.0 Å². The molecule has 0 aliphatic carbocycles. The summed E-state index contributed by atoms with van der Waals surface area (Å²) in [5.41, 5.74) is 6.96. The van der Waals surface area contributed by atoms with Crippen LogP contribution in [0.1, 0.15) is 45.2 Å². The summed E-state index contributed by atoms with van der Waals surface area (Å²) in [6.45, 7) is 7.87. The van der Waals surface area contributed by atoms with Crippen molar-refractivity contribution in [3.63, 3.8) is 0 Å². The molecule has 3 aromatic carbocycles. The summed E-state index contributed by atoms with van der Waals surface area (Å²) in [5.74, 6) is -0.893. The van der Waals surface area contributed by atoms with E-state index in [0.29, 0.717) is 12.1 Å². The molecule has 0 bridgehead atoms. The summed E-state index contributed by atoms with van der Waals surface area (Å²) in [6.07, 6.45) is -1.03. The number of benzene rings is 3. The zero-order valence-electron chi connectivity index (χ0n) is 27.4. The molecule has 252 valence electrons. The first kappa shape index (κ1) is 36.2. The van der Waals surface area contributed by atoms with Gasteiger partial charge in [0.1, 0.15) is 0 Å². The zero-order valence-corrected chi connectivity index (χ0v) is 29.0. The molecule has 0 fully saturated rings. The van der Waals surface area contributed by atoms with E-state index in [0.717, 1.165) is 15.8 Å². The lowest BCUT2D eigenvalue weighted by molar-refractivity contribution is -0.148. The average molecular weight is 680 g/mol. The van der Waals surface area contributed by atoms with Gasteiger partial charge in [-0.05, 0) is 47.6 Å². The Morgan fingerprint density at radius 3 is 2.19 bits per heavy atom. The Bertz CT molecular complexity index is 1700. The third-order valence-electron chi connectivity index (χ3n) is 7.52. The number of rotatable bonds is 16. The third kappa shape index (κ3) is 10.4. The summed E-state index contributed by atoms with van der Waals surface area (Å²) in [5, 5.41) is 16.2. The lowest BCUT2D eigenvalue weighted by Crippen LogP contribution is -2.60. The van der Waals surface area contributed by atoms with Crippen molar-refractivity contribution >= 4 is 43.4 Å². The van der Waals surface area contributed by atoms with Gasteiger partial charge < -0.3 is 10.4 Å². The first-order valence-electron chi connectivity index (χ1n) is 15.9. The van der Waals surface area contributed by atoms with Crippen molar-refractivity contribution < 1.29 is 23.1 Å². The van der Waals surface area contributed by atoms with Crippen LogP contribution in [0.25, 0.3) is 10.2 Å². The van der Waals surface area contributed by atoms with E-state index < -0.39 is 28.1 Å². The number of aliphatic hydroxyl groups is 1. The van der Waals surface area contributed by atoms with Gasteiger partial charge in [0.15, 0.2) is 0 Å². The highest BCUT2D eigenvalue weighted by Gasteiger charge is 2.36. The predicted molar refractivity (Wildman–Crippen MR) is 186 cm³/mol. The number of carbonyl (C=O) groups excluding carboxylic acids is 2. The molecule has 4 aromatic rings. The van der Waals surface area contributed by atoms with Gasteiger partial charge in [-0.1, -0.05) is 88.4 Å². The molecule has 0 saturated heterocycles. The number of nitrogens with one attached hydrogen (secondary N) is 2. The lowest BCUT2D eigenvalue weighted by atomic mass is 9.99. The maximum Gasteiger partial charge on any atom is 0.252 e. The second kappa shape index (κ2) is 16.9. The van der Waals surface area contributed by atoms with Gasteiger partial charge in [-0.15, -0.1) is 11.3 Å². The molecule has 0 saturated carbocycles. The Morgan fingerprint density at radius 1 is 0.894 bits per heavy atom. The molecule has 3 N–H and O–H groups in total. The molecule has 1 unspecified atom stereocenters. The molecule has 12 heteroatoms. The van der Waals surface area contributed by atoms with Gasteiger partial charge in [-0.25, -0.2) is 18.4 Å². The van der Waals surface area contributed by atoms with Gasteiger partial charge >= 0.3 is 0 Å². The normalized spacial score (nSPS) is 13.3. The van der Waals surface area contributed by atoms with Gasteiger partial charge in [0.2, 0.25) is 15.9 Å². The number of amides is 2. The third-order valence-corrected chi connectivity index (χ3v) is 10.1. The van der Waals surface area contributed by atoms with Crippen molar-refractivity contribution in [2.45, 2.75) is 64.1 Å². The van der Waals surface area contributed by atoms with E-state index in [9.17, 15) is 23.1 Å². The number of aliphatic hydroxyl groups excluding tert-OH is 1. The smallest absolute Gasteiger partial charge is 0.252 e. The molecule has 10 nitrogen and oxygen atoms in total. The van der Waals surface area contributed by atoms with Crippen molar-refractivity contribution in [1.29, 1.82) is 0 Å². The van der Waals surface area contributed by atoms with E-state index in [1.54, 1.807) is 17.6 Å². The van der Waals surface area contributed by atoms with Crippen LogP contribution in [0.5, 0.6) is 0 Å². The number of hydrogen-bond acceptors (Lipinski definition) is 8. The molecule has 2 amide bonds. The van der Waals surface area contributed by atoms with Crippen LogP contribution >= 0.6 is 11.3 Å². The Hall–Kier alpha value is -3.68. The van der Waals surface area contributed by atoms with Crippen LogP contribution < -0.4 is 10.7 Å². The largest absolute Gasteiger partial charge is 0.390 e. The highest BCUT2D eigenvalue weighted by Crippen LogP contribution is 2.26. The minimum Gasteiger partial charge on any atom is -0.390 e. The van der Waals surface area contributed by atoms with Crippen LogP contribution in [0.4, 0.5) is 0 Å². The maximum atomic E-state index is 14.1. The molecule has 1 heterocycles. The van der Waals surface area contributed by atoms with E-state index in [1.165, 1.54) is 26.7 Å². The molecule has 4 rings (SSSR count). The van der Waals surface area contributed by atoms with E-state index >= 15 is 0 Å². The first-order valence-corrected chi connectivity index (χ1v) is 18.2. The summed E-state index contributed by atoms with van der Waals surface area (Å²) >= 11 is 1.35. The lowest BCUT2D eigenvalue weighted by Gasteiger charge is -2.37. The van der Waals surface area contributed by atoms with Gasteiger partial charge in [0.25, 0.3) is 5.91 Å². The SMILES string of the molecule is CC(C)CC(=O)N(NC(=O)CNCc1ccccc1)C(Cc1ccccc1)[C@H](O)CN(CC(C)C)S(=O)(=O)c1ccc2ncsc2c1. The number of nitrogens with zero attached hydrogens (tertiary/aromatic N) is 3. The summed E-state index contributed by atoms with van der Waals surface area (Å²) < 4.78 is 30.1. The predicted octanol–water partition coefficient (Wildman–Crippen LogP) is 4.61. The minimum absolute atomic E-state index is 0.0212. The highest BCUT2D eigenvalue weighted by molar-refractivity contribution is 7.89.